The number of nitrogens with zero attached hydrogens (tertiary/aromatic N) is 2. The van der Waals surface area contributed by atoms with E-state index in [1.54, 1.807) is 4.90 Å². The average molecular weight is 369 g/mol. The molecule has 0 spiro atoms. The first-order valence-electron chi connectivity index (χ1n) is 8.98. The fourth-order valence-electron chi connectivity index (χ4n) is 3.39. The zero-order valence-corrected chi connectivity index (χ0v) is 14.8. The molecule has 6 nitrogen and oxygen atoms in total. The summed E-state index contributed by atoms with van der Waals surface area (Å²) in [4.78, 5) is 27.6. The molecule has 2 aliphatic heterocycles. The van der Waals surface area contributed by atoms with Gasteiger partial charge in [-0.1, -0.05) is 18.2 Å². The summed E-state index contributed by atoms with van der Waals surface area (Å²) in [5.41, 5.74) is 1.74. The molecule has 2 aromatic rings. The standard InChI is InChI=1S/C20H20FN3O3/c21-16-8-7-15(27-13-19(25)23-9-3-4-10-23)11-18(16)24-12-14-5-1-2-6-17(14)22-20(24)26/h1-2,5-8,11H,3-4,9-10,12-13H2,(H,22,26). The van der Waals surface area contributed by atoms with Crippen molar-refractivity contribution in [3.05, 3.63) is 53.8 Å². The molecule has 0 atom stereocenters. The van der Waals surface area contributed by atoms with Crippen LogP contribution in [0, 0.1) is 5.82 Å². The van der Waals surface area contributed by atoms with Gasteiger partial charge in [0, 0.05) is 24.8 Å². The SMILES string of the molecule is O=C(COc1ccc(F)c(N2Cc3ccccc3NC2=O)c1)N1CCCC1. The summed E-state index contributed by atoms with van der Waals surface area (Å²) in [6.45, 7) is 1.67. The van der Waals surface area contributed by atoms with Crippen LogP contribution in [0.25, 0.3) is 0 Å². The zero-order chi connectivity index (χ0) is 18.8. The number of carbonyl (C=O) groups is 2. The highest BCUT2D eigenvalue weighted by Crippen LogP contribution is 2.31. The lowest BCUT2D eigenvalue weighted by atomic mass is 10.1. The van der Waals surface area contributed by atoms with Crippen molar-refractivity contribution in [2.45, 2.75) is 19.4 Å². The van der Waals surface area contributed by atoms with Crippen LogP contribution in [0.5, 0.6) is 5.75 Å². The number of hydrogen-bond donors (Lipinski definition) is 1. The number of rotatable bonds is 4. The number of anilines is 2. The molecule has 2 heterocycles. The summed E-state index contributed by atoms with van der Waals surface area (Å²) >= 11 is 0. The number of fused-ring (bicyclic) bond motifs is 1. The van der Waals surface area contributed by atoms with Gasteiger partial charge in [0.05, 0.1) is 12.2 Å². The Morgan fingerprint density at radius 3 is 2.74 bits per heavy atom. The Kier molecular flexibility index (Phi) is 4.66. The minimum atomic E-state index is -0.525. The van der Waals surface area contributed by atoms with Gasteiger partial charge in [-0.25, -0.2) is 9.18 Å². The smallest absolute Gasteiger partial charge is 0.326 e. The highest BCUT2D eigenvalue weighted by atomic mass is 19.1. The van der Waals surface area contributed by atoms with Gasteiger partial charge >= 0.3 is 6.03 Å². The number of carbonyl (C=O) groups excluding carboxylic acids is 2. The van der Waals surface area contributed by atoms with Crippen molar-refractivity contribution in [1.29, 1.82) is 0 Å². The predicted octanol–water partition coefficient (Wildman–Crippen LogP) is 3.38. The summed E-state index contributed by atoms with van der Waals surface area (Å²) < 4.78 is 20.0. The third kappa shape index (κ3) is 3.58. The number of benzene rings is 2. The van der Waals surface area contributed by atoms with Crippen LogP contribution in [0.1, 0.15) is 18.4 Å². The molecular formula is C20H20FN3O3. The van der Waals surface area contributed by atoms with E-state index in [0.29, 0.717) is 5.75 Å². The Hall–Kier alpha value is -3.09. The van der Waals surface area contributed by atoms with Gasteiger partial charge in [0.25, 0.3) is 5.91 Å². The summed E-state index contributed by atoms with van der Waals surface area (Å²) in [5.74, 6) is -0.253. The fourth-order valence-corrected chi connectivity index (χ4v) is 3.39. The molecule has 1 saturated heterocycles. The Morgan fingerprint density at radius 1 is 1.15 bits per heavy atom. The van der Waals surface area contributed by atoms with Gasteiger partial charge in [-0.3, -0.25) is 9.69 Å². The van der Waals surface area contributed by atoms with Crippen LogP contribution in [0.3, 0.4) is 0 Å². The molecule has 0 unspecified atom stereocenters. The summed E-state index contributed by atoms with van der Waals surface area (Å²) in [6, 6.07) is 11.2. The first-order valence-corrected chi connectivity index (χ1v) is 8.98. The van der Waals surface area contributed by atoms with Crippen molar-refractivity contribution in [1.82, 2.24) is 4.90 Å². The maximum absolute atomic E-state index is 14.4. The Bertz CT molecular complexity index is 881. The van der Waals surface area contributed by atoms with E-state index >= 15 is 0 Å². The quantitative estimate of drug-likeness (QED) is 0.899. The van der Waals surface area contributed by atoms with E-state index in [-0.39, 0.29) is 24.7 Å². The fraction of sp³-hybridized carbons (Fsp3) is 0.300. The number of urea groups is 1. The molecular weight excluding hydrogens is 349 g/mol. The van der Waals surface area contributed by atoms with Crippen LogP contribution in [0.4, 0.5) is 20.6 Å². The highest BCUT2D eigenvalue weighted by molar-refractivity contribution is 6.04. The molecule has 0 saturated carbocycles. The molecule has 140 valence electrons. The number of likely N-dealkylation sites (tertiary alicyclic amines) is 1. The van der Waals surface area contributed by atoms with E-state index in [4.69, 9.17) is 4.74 Å². The topological polar surface area (TPSA) is 61.9 Å². The molecule has 7 heteroatoms. The van der Waals surface area contributed by atoms with E-state index < -0.39 is 11.8 Å². The second kappa shape index (κ2) is 7.26. The highest BCUT2D eigenvalue weighted by Gasteiger charge is 2.26. The predicted molar refractivity (Wildman–Crippen MR) is 99.4 cm³/mol. The Balaban J connectivity index is 1.50. The molecule has 4 rings (SSSR count). The molecule has 0 aliphatic carbocycles. The second-order valence-electron chi connectivity index (χ2n) is 6.66. The first-order chi connectivity index (χ1) is 13.1. The van der Waals surface area contributed by atoms with Crippen LogP contribution in [-0.2, 0) is 11.3 Å². The molecule has 3 amide bonds. The van der Waals surface area contributed by atoms with E-state index in [9.17, 15) is 14.0 Å². The van der Waals surface area contributed by atoms with Gasteiger partial charge in [0.1, 0.15) is 11.6 Å². The maximum atomic E-state index is 14.4. The molecule has 0 bridgehead atoms. The lowest BCUT2D eigenvalue weighted by molar-refractivity contribution is -0.132. The second-order valence-corrected chi connectivity index (χ2v) is 6.66. The normalized spacial score (nSPS) is 16.1. The maximum Gasteiger partial charge on any atom is 0.326 e. The van der Waals surface area contributed by atoms with E-state index in [2.05, 4.69) is 5.32 Å². The zero-order valence-electron chi connectivity index (χ0n) is 14.8. The van der Waals surface area contributed by atoms with Crippen molar-refractivity contribution in [3.8, 4) is 5.75 Å². The van der Waals surface area contributed by atoms with Crippen molar-refractivity contribution >= 4 is 23.3 Å². The van der Waals surface area contributed by atoms with Gasteiger partial charge in [-0.05, 0) is 36.6 Å². The molecule has 2 aromatic carbocycles. The lowest BCUT2D eigenvalue weighted by Crippen LogP contribution is -2.39. The number of hydrogen-bond acceptors (Lipinski definition) is 3. The monoisotopic (exact) mass is 369 g/mol. The number of para-hydroxylation sites is 1. The van der Waals surface area contributed by atoms with Gasteiger partial charge in [0.15, 0.2) is 6.61 Å². The summed E-state index contributed by atoms with van der Waals surface area (Å²) in [6.07, 6.45) is 2.02. The van der Waals surface area contributed by atoms with E-state index in [1.165, 1.54) is 23.1 Å². The minimum Gasteiger partial charge on any atom is -0.484 e. The Labute approximate surface area is 156 Å². The summed E-state index contributed by atoms with van der Waals surface area (Å²) in [7, 11) is 0. The van der Waals surface area contributed by atoms with Crippen molar-refractivity contribution in [2.75, 3.05) is 29.9 Å². The molecule has 0 aromatic heterocycles. The summed E-state index contributed by atoms with van der Waals surface area (Å²) in [5, 5.41) is 2.76. The van der Waals surface area contributed by atoms with Crippen molar-refractivity contribution in [2.24, 2.45) is 0 Å². The average Bonchev–Trinajstić information content (AvgIpc) is 3.21. The number of nitrogens with one attached hydrogen (secondary N) is 1. The Morgan fingerprint density at radius 2 is 1.93 bits per heavy atom. The van der Waals surface area contributed by atoms with Crippen LogP contribution >= 0.6 is 0 Å². The van der Waals surface area contributed by atoms with Crippen molar-refractivity contribution in [3.63, 3.8) is 0 Å². The third-order valence-corrected chi connectivity index (χ3v) is 4.86. The molecule has 2 aliphatic rings. The number of ether oxygens (including phenoxy) is 1. The minimum absolute atomic E-state index is 0.0805. The largest absolute Gasteiger partial charge is 0.484 e. The van der Waals surface area contributed by atoms with E-state index in [1.807, 2.05) is 24.3 Å². The van der Waals surface area contributed by atoms with Gasteiger partial charge in [-0.2, -0.15) is 0 Å². The third-order valence-electron chi connectivity index (χ3n) is 4.86. The first kappa shape index (κ1) is 17.3. The van der Waals surface area contributed by atoms with Crippen LogP contribution < -0.4 is 15.0 Å². The van der Waals surface area contributed by atoms with Crippen LogP contribution in [0.2, 0.25) is 0 Å². The van der Waals surface area contributed by atoms with Crippen LogP contribution in [0.15, 0.2) is 42.5 Å². The van der Waals surface area contributed by atoms with Crippen LogP contribution in [-0.4, -0.2) is 36.5 Å². The number of halogens is 1. The lowest BCUT2D eigenvalue weighted by Gasteiger charge is -2.29. The molecule has 1 fully saturated rings. The molecule has 27 heavy (non-hydrogen) atoms. The number of amides is 3. The van der Waals surface area contributed by atoms with Gasteiger partial charge in [0.2, 0.25) is 0 Å². The molecule has 1 N–H and O–H groups in total. The van der Waals surface area contributed by atoms with Gasteiger partial charge < -0.3 is 15.0 Å². The van der Waals surface area contributed by atoms with E-state index in [0.717, 1.165) is 37.2 Å². The van der Waals surface area contributed by atoms with Crippen molar-refractivity contribution < 1.29 is 18.7 Å². The van der Waals surface area contributed by atoms with Gasteiger partial charge in [-0.15, -0.1) is 0 Å². The molecule has 0 radical (unpaired) electrons.